The molecule has 1 atom stereocenters. The van der Waals surface area contributed by atoms with Crippen LogP contribution in [0.15, 0.2) is 66.9 Å². The lowest BCUT2D eigenvalue weighted by atomic mass is 10.0. The van der Waals surface area contributed by atoms with Crippen molar-refractivity contribution in [1.29, 1.82) is 0 Å². The van der Waals surface area contributed by atoms with Gasteiger partial charge in [0.2, 0.25) is 11.7 Å². The van der Waals surface area contributed by atoms with Gasteiger partial charge in [-0.15, -0.1) is 0 Å². The number of benzene rings is 2. The van der Waals surface area contributed by atoms with Crippen LogP contribution in [-0.4, -0.2) is 16.7 Å². The van der Waals surface area contributed by atoms with Crippen molar-refractivity contribution in [2.45, 2.75) is 6.04 Å². The van der Waals surface area contributed by atoms with Gasteiger partial charge in [-0.25, -0.2) is 0 Å². The quantitative estimate of drug-likeness (QED) is 0.613. The average molecular weight is 354 g/mol. The highest BCUT2D eigenvalue weighted by Crippen LogP contribution is 2.24. The Morgan fingerprint density at radius 2 is 1.80 bits per heavy atom. The number of H-pyrrole nitrogens is 1. The number of hydrogen-bond donors (Lipinski definition) is 3. The van der Waals surface area contributed by atoms with Gasteiger partial charge < -0.3 is 16.0 Å². The number of nitrogens with one attached hydrogen (secondary N) is 2. The third-order valence-corrected chi connectivity index (χ3v) is 4.00. The van der Waals surface area contributed by atoms with E-state index >= 15 is 0 Å². The molecule has 2 aromatic carbocycles. The van der Waals surface area contributed by atoms with Crippen LogP contribution in [0.3, 0.4) is 0 Å². The molecule has 0 radical (unpaired) electrons. The molecule has 0 aliphatic heterocycles. The van der Waals surface area contributed by atoms with Crippen molar-refractivity contribution in [3.63, 3.8) is 0 Å². The molecule has 0 unspecified atom stereocenters. The minimum Gasteiger partial charge on any atom is -0.359 e. The number of nitrogens with two attached hydrogens (primary N) is 1. The van der Waals surface area contributed by atoms with Gasteiger partial charge in [-0.1, -0.05) is 41.9 Å². The first-order valence-electron chi connectivity index (χ1n) is 7.65. The molecule has 0 aliphatic rings. The SMILES string of the molecule is N[C@H](C(=O)Nc1ccc(Cl)cc1C(=O)c1ccc[nH]1)c1ccccc1. The van der Waals surface area contributed by atoms with Gasteiger partial charge in [0.05, 0.1) is 11.4 Å². The Kier molecular flexibility index (Phi) is 4.97. The fourth-order valence-corrected chi connectivity index (χ4v) is 2.62. The monoisotopic (exact) mass is 353 g/mol. The molecule has 1 amide bonds. The number of anilines is 1. The molecule has 25 heavy (non-hydrogen) atoms. The number of amides is 1. The van der Waals surface area contributed by atoms with Gasteiger partial charge in [-0.05, 0) is 35.9 Å². The highest BCUT2D eigenvalue weighted by molar-refractivity contribution is 6.31. The van der Waals surface area contributed by atoms with Crippen LogP contribution in [0.4, 0.5) is 5.69 Å². The Balaban J connectivity index is 1.87. The number of hydrogen-bond acceptors (Lipinski definition) is 3. The first kappa shape index (κ1) is 17.0. The first-order chi connectivity index (χ1) is 12.1. The number of rotatable bonds is 5. The second kappa shape index (κ2) is 7.34. The Morgan fingerprint density at radius 1 is 1.04 bits per heavy atom. The van der Waals surface area contributed by atoms with Gasteiger partial charge in [0.15, 0.2) is 0 Å². The molecule has 1 heterocycles. The summed E-state index contributed by atoms with van der Waals surface area (Å²) in [4.78, 5) is 28.0. The number of carbonyl (C=O) groups excluding carboxylic acids is 2. The van der Waals surface area contributed by atoms with Crippen LogP contribution in [-0.2, 0) is 4.79 Å². The summed E-state index contributed by atoms with van der Waals surface area (Å²) < 4.78 is 0. The second-order valence-corrected chi connectivity index (χ2v) is 5.92. The van der Waals surface area contributed by atoms with Crippen LogP contribution in [0.2, 0.25) is 5.02 Å². The van der Waals surface area contributed by atoms with Crippen LogP contribution >= 0.6 is 11.6 Å². The Bertz CT molecular complexity index is 892. The van der Waals surface area contributed by atoms with Crippen molar-refractivity contribution in [1.82, 2.24) is 4.98 Å². The molecule has 4 N–H and O–H groups in total. The maximum atomic E-state index is 12.6. The molecule has 1 aromatic heterocycles. The van der Waals surface area contributed by atoms with Gasteiger partial charge in [0, 0.05) is 16.8 Å². The third-order valence-electron chi connectivity index (χ3n) is 3.77. The minimum atomic E-state index is -0.842. The van der Waals surface area contributed by atoms with E-state index in [0.29, 0.717) is 27.5 Å². The van der Waals surface area contributed by atoms with Crippen molar-refractivity contribution < 1.29 is 9.59 Å². The van der Waals surface area contributed by atoms with Crippen molar-refractivity contribution >= 4 is 29.0 Å². The molecule has 0 bridgehead atoms. The minimum absolute atomic E-state index is 0.268. The van der Waals surface area contributed by atoms with Gasteiger partial charge >= 0.3 is 0 Å². The molecule has 6 heteroatoms. The van der Waals surface area contributed by atoms with Crippen LogP contribution in [0, 0.1) is 0 Å². The lowest BCUT2D eigenvalue weighted by Crippen LogP contribution is -2.28. The Labute approximate surface area is 149 Å². The van der Waals surface area contributed by atoms with Crippen molar-refractivity contribution in [3.8, 4) is 0 Å². The molecule has 3 aromatic rings. The smallest absolute Gasteiger partial charge is 0.245 e. The lowest BCUT2D eigenvalue weighted by Gasteiger charge is -2.15. The maximum Gasteiger partial charge on any atom is 0.245 e. The van der Waals surface area contributed by atoms with Crippen LogP contribution in [0.25, 0.3) is 0 Å². The largest absolute Gasteiger partial charge is 0.359 e. The zero-order valence-corrected chi connectivity index (χ0v) is 14.0. The number of halogens is 1. The second-order valence-electron chi connectivity index (χ2n) is 5.48. The number of ketones is 1. The van der Waals surface area contributed by atoms with E-state index in [-0.39, 0.29) is 5.78 Å². The summed E-state index contributed by atoms with van der Waals surface area (Å²) >= 11 is 6.02. The summed E-state index contributed by atoms with van der Waals surface area (Å²) in [6.07, 6.45) is 1.65. The van der Waals surface area contributed by atoms with Crippen molar-refractivity contribution in [3.05, 3.63) is 88.7 Å². The molecule has 0 aliphatic carbocycles. The predicted molar refractivity (Wildman–Crippen MR) is 97.7 cm³/mol. The zero-order chi connectivity index (χ0) is 17.8. The number of aromatic amines is 1. The average Bonchev–Trinajstić information content (AvgIpc) is 3.17. The topological polar surface area (TPSA) is 88.0 Å². The normalized spacial score (nSPS) is 11.8. The Morgan fingerprint density at radius 3 is 2.48 bits per heavy atom. The van der Waals surface area contributed by atoms with E-state index in [1.165, 1.54) is 6.07 Å². The first-order valence-corrected chi connectivity index (χ1v) is 8.03. The number of carbonyl (C=O) groups is 2. The summed E-state index contributed by atoms with van der Waals surface area (Å²) in [5, 5.41) is 3.12. The zero-order valence-electron chi connectivity index (χ0n) is 13.2. The highest BCUT2D eigenvalue weighted by Gasteiger charge is 2.20. The number of aromatic nitrogens is 1. The maximum absolute atomic E-state index is 12.6. The lowest BCUT2D eigenvalue weighted by molar-refractivity contribution is -0.117. The van der Waals surface area contributed by atoms with E-state index in [2.05, 4.69) is 10.3 Å². The summed E-state index contributed by atoms with van der Waals surface area (Å²) in [5.41, 5.74) is 7.76. The molecule has 3 rings (SSSR count). The summed E-state index contributed by atoms with van der Waals surface area (Å²) in [5.74, 6) is -0.676. The van der Waals surface area contributed by atoms with E-state index in [1.54, 1.807) is 42.6 Å². The van der Waals surface area contributed by atoms with E-state index in [1.807, 2.05) is 18.2 Å². The molecular formula is C19H16ClN3O2. The fraction of sp³-hybridized carbons (Fsp3) is 0.0526. The van der Waals surface area contributed by atoms with Gasteiger partial charge in [-0.3, -0.25) is 9.59 Å². The summed E-state index contributed by atoms with van der Waals surface area (Å²) in [7, 11) is 0. The standard InChI is InChI=1S/C19H16ClN3O2/c20-13-8-9-15(14(11-13)18(24)16-7-4-10-22-16)23-19(25)17(21)12-5-2-1-3-6-12/h1-11,17,22H,21H2,(H,23,25)/t17-/m0/s1. The third kappa shape index (κ3) is 3.79. The van der Waals surface area contributed by atoms with Crippen molar-refractivity contribution in [2.24, 2.45) is 5.73 Å². The van der Waals surface area contributed by atoms with E-state index < -0.39 is 11.9 Å². The van der Waals surface area contributed by atoms with Crippen molar-refractivity contribution in [2.75, 3.05) is 5.32 Å². The Hall–Kier alpha value is -2.89. The fourth-order valence-electron chi connectivity index (χ4n) is 2.45. The van der Waals surface area contributed by atoms with Gasteiger partial charge in [-0.2, -0.15) is 0 Å². The molecule has 0 saturated heterocycles. The van der Waals surface area contributed by atoms with Crippen LogP contribution in [0.1, 0.15) is 27.7 Å². The molecule has 126 valence electrons. The molecule has 0 spiro atoms. The van der Waals surface area contributed by atoms with Gasteiger partial charge in [0.25, 0.3) is 0 Å². The van der Waals surface area contributed by atoms with E-state index in [0.717, 1.165) is 0 Å². The van der Waals surface area contributed by atoms with E-state index in [9.17, 15) is 9.59 Å². The predicted octanol–water partition coefficient (Wildman–Crippen LogP) is 3.54. The highest BCUT2D eigenvalue weighted by atomic mass is 35.5. The van der Waals surface area contributed by atoms with Crippen LogP contribution < -0.4 is 11.1 Å². The molecule has 5 nitrogen and oxygen atoms in total. The molecule has 0 saturated carbocycles. The van der Waals surface area contributed by atoms with E-state index in [4.69, 9.17) is 17.3 Å². The summed E-state index contributed by atoms with van der Waals surface area (Å²) in [6, 6.07) is 16.3. The summed E-state index contributed by atoms with van der Waals surface area (Å²) in [6.45, 7) is 0. The van der Waals surface area contributed by atoms with Crippen LogP contribution in [0.5, 0.6) is 0 Å². The molecular weight excluding hydrogens is 338 g/mol. The molecule has 0 fully saturated rings. The van der Waals surface area contributed by atoms with Gasteiger partial charge in [0.1, 0.15) is 6.04 Å².